The molecule has 0 spiro atoms. The summed E-state index contributed by atoms with van der Waals surface area (Å²) in [6, 6.07) is 3.68. The van der Waals surface area contributed by atoms with Crippen LogP contribution in [0.3, 0.4) is 0 Å². The number of carbonyl (C=O) groups excluding carboxylic acids is 1. The molecule has 2 N–H and O–H groups in total. The fourth-order valence-electron chi connectivity index (χ4n) is 3.02. The number of benzene rings is 1. The number of aliphatic hydroxyl groups excluding tert-OH is 1. The minimum Gasteiger partial charge on any atom is -0.489 e. The number of hydrogen-bond acceptors (Lipinski definition) is 4. The Kier molecular flexibility index (Phi) is 5.52. The van der Waals surface area contributed by atoms with E-state index in [1.165, 1.54) is 23.1 Å². The smallest absolute Gasteiger partial charge is 0.322 e. The number of halogens is 1. The van der Waals surface area contributed by atoms with E-state index in [4.69, 9.17) is 9.47 Å². The van der Waals surface area contributed by atoms with Crippen molar-refractivity contribution < 1.29 is 23.8 Å². The Morgan fingerprint density at radius 2 is 2.29 bits per heavy atom. The molecule has 1 aromatic carbocycles. The molecule has 2 heterocycles. The average molecular weight is 338 g/mol. The number of likely N-dealkylation sites (tertiary alicyclic amines) is 1. The van der Waals surface area contributed by atoms with Crippen LogP contribution in [0.15, 0.2) is 18.2 Å². The molecule has 0 aliphatic carbocycles. The zero-order valence-electron chi connectivity index (χ0n) is 13.5. The summed E-state index contributed by atoms with van der Waals surface area (Å²) in [5, 5.41) is 12.4. The Balaban J connectivity index is 1.64. The lowest BCUT2D eigenvalue weighted by atomic mass is 10.1. The molecule has 2 atom stereocenters. The van der Waals surface area contributed by atoms with Gasteiger partial charge in [0, 0.05) is 25.8 Å². The first-order valence-corrected chi connectivity index (χ1v) is 8.40. The van der Waals surface area contributed by atoms with Crippen LogP contribution in [0.1, 0.15) is 25.7 Å². The molecule has 1 aromatic rings. The van der Waals surface area contributed by atoms with Gasteiger partial charge < -0.3 is 24.8 Å². The Hall–Kier alpha value is -1.86. The van der Waals surface area contributed by atoms with Crippen molar-refractivity contribution in [3.63, 3.8) is 0 Å². The lowest BCUT2D eigenvalue weighted by Crippen LogP contribution is -2.44. The van der Waals surface area contributed by atoms with Crippen molar-refractivity contribution in [1.82, 2.24) is 4.90 Å². The fourth-order valence-corrected chi connectivity index (χ4v) is 3.02. The van der Waals surface area contributed by atoms with Gasteiger partial charge in [0.1, 0.15) is 18.2 Å². The number of rotatable bonds is 4. The molecule has 132 valence electrons. The summed E-state index contributed by atoms with van der Waals surface area (Å²) in [5.74, 6) is -0.0359. The summed E-state index contributed by atoms with van der Waals surface area (Å²) in [5.41, 5.74) is 0.290. The minimum atomic E-state index is -0.507. The molecule has 2 aliphatic heterocycles. The van der Waals surface area contributed by atoms with Crippen molar-refractivity contribution in [1.29, 1.82) is 0 Å². The quantitative estimate of drug-likeness (QED) is 0.884. The summed E-state index contributed by atoms with van der Waals surface area (Å²) in [6.07, 6.45) is 2.93. The van der Waals surface area contributed by atoms with Gasteiger partial charge in [-0.1, -0.05) is 0 Å². The monoisotopic (exact) mass is 338 g/mol. The lowest BCUT2D eigenvalue weighted by Gasteiger charge is -2.30. The second-order valence-electron chi connectivity index (χ2n) is 6.26. The highest BCUT2D eigenvalue weighted by Gasteiger charge is 2.23. The van der Waals surface area contributed by atoms with E-state index in [2.05, 4.69) is 5.32 Å². The minimum absolute atomic E-state index is 0.0378. The summed E-state index contributed by atoms with van der Waals surface area (Å²) < 4.78 is 24.8. The van der Waals surface area contributed by atoms with Crippen LogP contribution in [0.2, 0.25) is 0 Å². The third kappa shape index (κ3) is 4.36. The topological polar surface area (TPSA) is 71.0 Å². The van der Waals surface area contributed by atoms with E-state index in [1.54, 1.807) is 0 Å². The van der Waals surface area contributed by atoms with Gasteiger partial charge in [-0.05, 0) is 37.8 Å². The van der Waals surface area contributed by atoms with Crippen LogP contribution in [-0.4, -0.2) is 54.5 Å². The predicted octanol–water partition coefficient (Wildman–Crippen LogP) is 2.37. The van der Waals surface area contributed by atoms with Gasteiger partial charge in [0.25, 0.3) is 0 Å². The molecular formula is C17H23FN2O4. The Morgan fingerprint density at radius 1 is 1.42 bits per heavy atom. The maximum atomic E-state index is 13.6. The van der Waals surface area contributed by atoms with Gasteiger partial charge in [-0.3, -0.25) is 0 Å². The Morgan fingerprint density at radius 3 is 3.04 bits per heavy atom. The average Bonchev–Trinajstić information content (AvgIpc) is 3.07. The normalized spacial score (nSPS) is 24.0. The van der Waals surface area contributed by atoms with Gasteiger partial charge in [0.15, 0.2) is 0 Å². The molecule has 0 unspecified atom stereocenters. The number of urea groups is 1. The molecule has 2 fully saturated rings. The zero-order chi connectivity index (χ0) is 16.9. The first-order valence-electron chi connectivity index (χ1n) is 8.40. The van der Waals surface area contributed by atoms with Crippen molar-refractivity contribution in [2.24, 2.45) is 0 Å². The second kappa shape index (κ2) is 7.81. The maximum absolute atomic E-state index is 13.6. The molecule has 24 heavy (non-hydrogen) atoms. The number of piperidine rings is 1. The molecule has 2 amide bonds. The first-order chi connectivity index (χ1) is 11.6. The standard InChI is InChI=1S/C17H23FN2O4/c18-12-5-6-16(24-11-14-4-2-8-23-14)15(9-12)19-17(22)20-7-1-3-13(21)10-20/h5-6,9,13-14,21H,1-4,7-8,10-11H2,(H,19,22)/t13-,14+/m1/s1. The van der Waals surface area contributed by atoms with Crippen molar-refractivity contribution in [3.05, 3.63) is 24.0 Å². The van der Waals surface area contributed by atoms with E-state index in [0.29, 0.717) is 25.3 Å². The van der Waals surface area contributed by atoms with Crippen molar-refractivity contribution in [2.45, 2.75) is 37.9 Å². The molecule has 3 rings (SSSR count). The number of nitrogens with zero attached hydrogens (tertiary/aromatic N) is 1. The highest BCUT2D eigenvalue weighted by molar-refractivity contribution is 5.91. The number of amides is 2. The predicted molar refractivity (Wildman–Crippen MR) is 86.7 cm³/mol. The summed E-state index contributed by atoms with van der Waals surface area (Å²) in [4.78, 5) is 13.9. The number of β-amino-alcohol motifs (C(OH)–C–C–N with tert-alkyl or cyclic N) is 1. The van der Waals surface area contributed by atoms with E-state index >= 15 is 0 Å². The lowest BCUT2D eigenvalue weighted by molar-refractivity contribution is 0.0681. The largest absolute Gasteiger partial charge is 0.489 e. The second-order valence-corrected chi connectivity index (χ2v) is 6.26. The van der Waals surface area contributed by atoms with E-state index in [0.717, 1.165) is 25.9 Å². The fraction of sp³-hybridized carbons (Fsp3) is 0.588. The number of ether oxygens (including phenoxy) is 2. The van der Waals surface area contributed by atoms with E-state index in [9.17, 15) is 14.3 Å². The van der Waals surface area contributed by atoms with Crippen LogP contribution in [0.25, 0.3) is 0 Å². The van der Waals surface area contributed by atoms with Crippen molar-refractivity contribution in [2.75, 3.05) is 31.6 Å². The third-order valence-corrected chi connectivity index (χ3v) is 4.32. The van der Waals surface area contributed by atoms with Crippen LogP contribution in [0.4, 0.5) is 14.9 Å². The van der Waals surface area contributed by atoms with Crippen molar-refractivity contribution in [3.8, 4) is 5.75 Å². The summed E-state index contributed by atoms with van der Waals surface area (Å²) >= 11 is 0. The van der Waals surface area contributed by atoms with Gasteiger partial charge in [-0.15, -0.1) is 0 Å². The molecule has 0 aromatic heterocycles. The SMILES string of the molecule is O=C(Nc1cc(F)ccc1OC[C@@H]1CCCO1)N1CCC[C@@H](O)C1. The zero-order valence-corrected chi connectivity index (χ0v) is 13.5. The molecular weight excluding hydrogens is 315 g/mol. The Labute approximate surface area is 140 Å². The molecule has 0 bridgehead atoms. The van der Waals surface area contributed by atoms with Gasteiger partial charge in [-0.2, -0.15) is 0 Å². The van der Waals surface area contributed by atoms with Gasteiger partial charge in [0.05, 0.1) is 17.9 Å². The summed E-state index contributed by atoms with van der Waals surface area (Å²) in [6.45, 7) is 1.97. The first kappa shape index (κ1) is 17.0. The molecule has 2 saturated heterocycles. The van der Waals surface area contributed by atoms with Crippen molar-refractivity contribution >= 4 is 11.7 Å². The maximum Gasteiger partial charge on any atom is 0.322 e. The number of nitrogens with one attached hydrogen (secondary N) is 1. The van der Waals surface area contributed by atoms with E-state index in [1.807, 2.05) is 0 Å². The molecule has 0 saturated carbocycles. The van der Waals surface area contributed by atoms with E-state index in [-0.39, 0.29) is 24.4 Å². The highest BCUT2D eigenvalue weighted by atomic mass is 19.1. The summed E-state index contributed by atoms with van der Waals surface area (Å²) in [7, 11) is 0. The highest BCUT2D eigenvalue weighted by Crippen LogP contribution is 2.27. The van der Waals surface area contributed by atoms with Gasteiger partial charge in [-0.25, -0.2) is 9.18 Å². The number of anilines is 1. The number of hydrogen-bond donors (Lipinski definition) is 2. The van der Waals surface area contributed by atoms with Gasteiger partial charge in [0.2, 0.25) is 0 Å². The number of aliphatic hydroxyl groups is 1. The van der Waals surface area contributed by atoms with Crippen LogP contribution < -0.4 is 10.1 Å². The third-order valence-electron chi connectivity index (χ3n) is 4.32. The van der Waals surface area contributed by atoms with Crippen LogP contribution in [-0.2, 0) is 4.74 Å². The number of carbonyl (C=O) groups is 1. The van der Waals surface area contributed by atoms with Crippen LogP contribution >= 0.6 is 0 Å². The van der Waals surface area contributed by atoms with Crippen LogP contribution in [0.5, 0.6) is 5.75 Å². The molecule has 7 heteroatoms. The van der Waals surface area contributed by atoms with E-state index < -0.39 is 11.9 Å². The van der Waals surface area contributed by atoms with Crippen LogP contribution in [0, 0.1) is 5.82 Å². The Bertz CT molecular complexity index is 578. The van der Waals surface area contributed by atoms with Gasteiger partial charge >= 0.3 is 6.03 Å². The molecule has 2 aliphatic rings. The molecule has 0 radical (unpaired) electrons. The molecule has 6 nitrogen and oxygen atoms in total.